The Bertz CT molecular complexity index is 497. The zero-order chi connectivity index (χ0) is 16.0. The second-order valence-electron chi connectivity index (χ2n) is 6.47. The molecule has 1 fully saturated rings. The standard InChI is InChI=1S/C17H26N2O3.ClH/c1-17(2,3)13-6-4-5-7-15(13)22-11-9-19-16(20)14-12-21-10-8-18-14;/h4-7,14,18H,8-12H2,1-3H3,(H,19,20);1H. The molecule has 1 atom stereocenters. The van der Waals surface area contributed by atoms with Crippen LogP contribution in [0.25, 0.3) is 0 Å². The van der Waals surface area contributed by atoms with Crippen molar-refractivity contribution in [3.8, 4) is 5.75 Å². The maximum atomic E-state index is 11.9. The van der Waals surface area contributed by atoms with Crippen molar-refractivity contribution in [2.45, 2.75) is 32.2 Å². The van der Waals surface area contributed by atoms with Gasteiger partial charge in [-0.25, -0.2) is 0 Å². The lowest BCUT2D eigenvalue weighted by atomic mass is 9.86. The van der Waals surface area contributed by atoms with E-state index < -0.39 is 0 Å². The summed E-state index contributed by atoms with van der Waals surface area (Å²) < 4.78 is 11.1. The van der Waals surface area contributed by atoms with Crippen LogP contribution < -0.4 is 15.4 Å². The van der Waals surface area contributed by atoms with E-state index in [1.807, 2.05) is 18.2 Å². The number of hydrogen-bond acceptors (Lipinski definition) is 4. The predicted octanol–water partition coefficient (Wildman–Crippen LogP) is 1.89. The van der Waals surface area contributed by atoms with Gasteiger partial charge in [0.25, 0.3) is 0 Å². The van der Waals surface area contributed by atoms with Gasteiger partial charge in [-0.15, -0.1) is 12.4 Å². The van der Waals surface area contributed by atoms with Crippen LogP contribution in [-0.4, -0.2) is 44.9 Å². The monoisotopic (exact) mass is 342 g/mol. The molecule has 1 heterocycles. The summed E-state index contributed by atoms with van der Waals surface area (Å²) in [5, 5.41) is 6.00. The molecule has 0 spiro atoms. The van der Waals surface area contributed by atoms with Gasteiger partial charge in [0.15, 0.2) is 0 Å². The van der Waals surface area contributed by atoms with E-state index in [9.17, 15) is 4.79 Å². The van der Waals surface area contributed by atoms with E-state index in [2.05, 4.69) is 37.5 Å². The number of amides is 1. The fourth-order valence-electron chi connectivity index (χ4n) is 2.40. The fourth-order valence-corrected chi connectivity index (χ4v) is 2.40. The van der Waals surface area contributed by atoms with Crippen molar-refractivity contribution >= 4 is 18.3 Å². The lowest BCUT2D eigenvalue weighted by molar-refractivity contribution is -0.126. The van der Waals surface area contributed by atoms with Crippen molar-refractivity contribution in [3.05, 3.63) is 29.8 Å². The first-order chi connectivity index (χ1) is 10.5. The van der Waals surface area contributed by atoms with Gasteiger partial charge in [0.1, 0.15) is 18.4 Å². The minimum absolute atomic E-state index is 0. The lowest BCUT2D eigenvalue weighted by Crippen LogP contribution is -2.51. The molecule has 2 N–H and O–H groups in total. The Balaban J connectivity index is 0.00000264. The van der Waals surface area contributed by atoms with Crippen LogP contribution >= 0.6 is 12.4 Å². The van der Waals surface area contributed by atoms with E-state index in [0.717, 1.165) is 5.75 Å². The average molecular weight is 343 g/mol. The Labute approximate surface area is 144 Å². The number of para-hydroxylation sites is 1. The molecule has 23 heavy (non-hydrogen) atoms. The SMILES string of the molecule is CC(C)(C)c1ccccc1OCCNC(=O)C1COCCN1.Cl. The Morgan fingerprint density at radius 1 is 1.39 bits per heavy atom. The summed E-state index contributed by atoms with van der Waals surface area (Å²) in [4.78, 5) is 11.9. The number of rotatable bonds is 5. The summed E-state index contributed by atoms with van der Waals surface area (Å²) >= 11 is 0. The molecule has 1 aromatic carbocycles. The topological polar surface area (TPSA) is 59.6 Å². The van der Waals surface area contributed by atoms with E-state index in [4.69, 9.17) is 9.47 Å². The van der Waals surface area contributed by atoms with Gasteiger partial charge in [-0.2, -0.15) is 0 Å². The Morgan fingerprint density at radius 2 is 2.13 bits per heavy atom. The Kier molecular flexibility index (Phi) is 7.82. The Hall–Kier alpha value is -1.30. The van der Waals surface area contributed by atoms with Crippen molar-refractivity contribution < 1.29 is 14.3 Å². The maximum absolute atomic E-state index is 11.9. The molecule has 1 unspecified atom stereocenters. The van der Waals surface area contributed by atoms with Crippen LogP contribution in [-0.2, 0) is 14.9 Å². The molecule has 0 aliphatic carbocycles. The van der Waals surface area contributed by atoms with Crippen LogP contribution in [0.4, 0.5) is 0 Å². The van der Waals surface area contributed by atoms with Crippen LogP contribution in [0.15, 0.2) is 24.3 Å². The number of halogens is 1. The highest BCUT2D eigenvalue weighted by Crippen LogP contribution is 2.30. The molecule has 0 saturated carbocycles. The normalized spacial score (nSPS) is 18.0. The molecule has 0 bridgehead atoms. The number of benzene rings is 1. The summed E-state index contributed by atoms with van der Waals surface area (Å²) in [5.41, 5.74) is 1.20. The van der Waals surface area contributed by atoms with Crippen LogP contribution in [0.5, 0.6) is 5.75 Å². The fraction of sp³-hybridized carbons (Fsp3) is 0.588. The predicted molar refractivity (Wildman–Crippen MR) is 93.5 cm³/mol. The van der Waals surface area contributed by atoms with Gasteiger partial charge in [0, 0.05) is 6.54 Å². The van der Waals surface area contributed by atoms with Gasteiger partial charge in [-0.05, 0) is 17.0 Å². The third-order valence-corrected chi connectivity index (χ3v) is 3.59. The molecule has 1 aromatic rings. The van der Waals surface area contributed by atoms with Gasteiger partial charge in [-0.1, -0.05) is 39.0 Å². The molecular weight excluding hydrogens is 316 g/mol. The highest BCUT2D eigenvalue weighted by molar-refractivity contribution is 5.85. The largest absolute Gasteiger partial charge is 0.491 e. The van der Waals surface area contributed by atoms with Crippen LogP contribution in [0.3, 0.4) is 0 Å². The van der Waals surface area contributed by atoms with E-state index in [1.54, 1.807) is 0 Å². The first-order valence-corrected chi connectivity index (χ1v) is 7.79. The summed E-state index contributed by atoms with van der Waals surface area (Å²) in [7, 11) is 0. The van der Waals surface area contributed by atoms with Crippen molar-refractivity contribution in [1.82, 2.24) is 10.6 Å². The maximum Gasteiger partial charge on any atom is 0.239 e. The van der Waals surface area contributed by atoms with E-state index in [0.29, 0.717) is 32.9 Å². The van der Waals surface area contributed by atoms with Gasteiger partial charge in [-0.3, -0.25) is 4.79 Å². The molecule has 2 rings (SSSR count). The second-order valence-corrected chi connectivity index (χ2v) is 6.47. The number of hydrogen-bond donors (Lipinski definition) is 2. The summed E-state index contributed by atoms with van der Waals surface area (Å²) in [6.45, 7) is 9.22. The first-order valence-electron chi connectivity index (χ1n) is 7.79. The van der Waals surface area contributed by atoms with E-state index in [-0.39, 0.29) is 29.8 Å². The smallest absolute Gasteiger partial charge is 0.239 e. The summed E-state index contributed by atoms with van der Waals surface area (Å²) in [5.74, 6) is 0.843. The molecule has 0 aromatic heterocycles. The van der Waals surface area contributed by atoms with E-state index in [1.165, 1.54) is 5.56 Å². The van der Waals surface area contributed by atoms with Crippen molar-refractivity contribution in [3.63, 3.8) is 0 Å². The van der Waals surface area contributed by atoms with Gasteiger partial charge >= 0.3 is 0 Å². The highest BCUT2D eigenvalue weighted by Gasteiger charge is 2.21. The number of carbonyl (C=O) groups is 1. The zero-order valence-electron chi connectivity index (χ0n) is 14.1. The molecule has 1 aliphatic heterocycles. The first kappa shape index (κ1) is 19.7. The molecule has 1 amide bonds. The van der Waals surface area contributed by atoms with Crippen LogP contribution in [0.1, 0.15) is 26.3 Å². The molecule has 5 nitrogen and oxygen atoms in total. The number of morpholine rings is 1. The molecular formula is C17H27ClN2O3. The molecule has 130 valence electrons. The minimum Gasteiger partial charge on any atom is -0.491 e. The molecule has 0 radical (unpaired) electrons. The van der Waals surface area contributed by atoms with Crippen LogP contribution in [0, 0.1) is 0 Å². The molecule has 1 aliphatic rings. The summed E-state index contributed by atoms with van der Waals surface area (Å²) in [6, 6.07) is 7.78. The highest BCUT2D eigenvalue weighted by atomic mass is 35.5. The quantitative estimate of drug-likeness (QED) is 0.802. The van der Waals surface area contributed by atoms with Gasteiger partial charge < -0.3 is 20.1 Å². The molecule has 1 saturated heterocycles. The van der Waals surface area contributed by atoms with Crippen molar-refractivity contribution in [2.24, 2.45) is 0 Å². The third-order valence-electron chi connectivity index (χ3n) is 3.59. The van der Waals surface area contributed by atoms with Crippen LogP contribution in [0.2, 0.25) is 0 Å². The van der Waals surface area contributed by atoms with E-state index >= 15 is 0 Å². The van der Waals surface area contributed by atoms with Gasteiger partial charge in [0.2, 0.25) is 5.91 Å². The third kappa shape index (κ3) is 6.01. The Morgan fingerprint density at radius 3 is 2.78 bits per heavy atom. The van der Waals surface area contributed by atoms with Crippen molar-refractivity contribution in [2.75, 3.05) is 32.9 Å². The summed E-state index contributed by atoms with van der Waals surface area (Å²) in [6.07, 6.45) is 0. The zero-order valence-corrected chi connectivity index (χ0v) is 14.9. The number of nitrogens with one attached hydrogen (secondary N) is 2. The van der Waals surface area contributed by atoms with Crippen molar-refractivity contribution in [1.29, 1.82) is 0 Å². The lowest BCUT2D eigenvalue weighted by Gasteiger charge is -2.24. The number of carbonyl (C=O) groups excluding carboxylic acids is 1. The number of ether oxygens (including phenoxy) is 2. The average Bonchev–Trinajstić information content (AvgIpc) is 2.51. The minimum atomic E-state index is -0.254. The van der Waals surface area contributed by atoms with Gasteiger partial charge in [0.05, 0.1) is 19.8 Å². The molecule has 6 heteroatoms. The second kappa shape index (κ2) is 9.11.